The fourth-order valence-corrected chi connectivity index (χ4v) is 3.68. The van der Waals surface area contributed by atoms with E-state index in [2.05, 4.69) is 0 Å². The monoisotopic (exact) mass is 341 g/mol. The molecule has 1 aromatic carbocycles. The number of methoxy groups -OCH3 is 1. The summed E-state index contributed by atoms with van der Waals surface area (Å²) in [5, 5.41) is 0. The molecule has 0 radical (unpaired) electrons. The zero-order valence-electron chi connectivity index (χ0n) is 13.2. The fraction of sp³-hybridized carbons (Fsp3) is 0.467. The second-order valence-electron chi connectivity index (χ2n) is 5.72. The first-order valence-corrected chi connectivity index (χ1v) is 8.44. The number of hydrogen-bond donors (Lipinski definition) is 0. The highest BCUT2D eigenvalue weighted by Gasteiger charge is 2.50. The number of amides is 1. The van der Waals surface area contributed by atoms with Crippen LogP contribution in [0.2, 0.25) is 0 Å². The predicted molar refractivity (Wildman–Crippen MR) is 81.8 cm³/mol. The van der Waals surface area contributed by atoms with Crippen LogP contribution in [-0.4, -0.2) is 38.3 Å². The van der Waals surface area contributed by atoms with Gasteiger partial charge >= 0.3 is 10.3 Å². The van der Waals surface area contributed by atoms with Gasteiger partial charge in [-0.3, -0.25) is 4.79 Å². The zero-order valence-corrected chi connectivity index (χ0v) is 14.0. The lowest BCUT2D eigenvalue weighted by Gasteiger charge is -2.39. The summed E-state index contributed by atoms with van der Waals surface area (Å²) in [4.78, 5) is 23.7. The first-order valence-electron chi connectivity index (χ1n) is 7.07. The average molecular weight is 341 g/mol. The van der Waals surface area contributed by atoms with Crippen molar-refractivity contribution in [1.82, 2.24) is 4.31 Å². The molecule has 1 heterocycles. The minimum absolute atomic E-state index is 0.0802. The number of piperidine rings is 1. The van der Waals surface area contributed by atoms with Crippen molar-refractivity contribution in [2.75, 3.05) is 7.11 Å². The maximum absolute atomic E-state index is 12.5. The zero-order chi connectivity index (χ0) is 17.3. The molecule has 1 fully saturated rings. The van der Waals surface area contributed by atoms with E-state index in [0.717, 1.165) is 5.56 Å². The van der Waals surface area contributed by atoms with E-state index in [-0.39, 0.29) is 18.6 Å². The van der Waals surface area contributed by atoms with Crippen LogP contribution in [0.3, 0.4) is 0 Å². The standard InChI is InChI=1S/C15H19NO6S/c1-11-4-6-12(7-5-11)22-23(19,20)16-13(21-3)8-9-15(2,10-17)14(16)18/h4-7,10,13H,8-9H2,1-3H3/t13-,15-/m1/s1. The molecule has 1 aromatic rings. The molecule has 1 aliphatic rings. The third-order valence-corrected chi connectivity index (χ3v) is 5.14. The molecule has 126 valence electrons. The van der Waals surface area contributed by atoms with E-state index in [4.69, 9.17) is 8.92 Å². The quantitative estimate of drug-likeness (QED) is 0.594. The van der Waals surface area contributed by atoms with Crippen LogP contribution in [0.1, 0.15) is 25.3 Å². The summed E-state index contributed by atoms with van der Waals surface area (Å²) in [7, 11) is -3.14. The number of carbonyl (C=O) groups excluding carboxylic acids is 2. The van der Waals surface area contributed by atoms with Crippen molar-refractivity contribution in [2.24, 2.45) is 5.41 Å². The molecule has 0 spiro atoms. The topological polar surface area (TPSA) is 90.0 Å². The first kappa shape index (κ1) is 17.4. The van der Waals surface area contributed by atoms with E-state index in [9.17, 15) is 18.0 Å². The first-order chi connectivity index (χ1) is 10.7. The van der Waals surface area contributed by atoms with E-state index in [0.29, 0.717) is 10.6 Å². The van der Waals surface area contributed by atoms with E-state index in [1.54, 1.807) is 12.1 Å². The molecule has 2 rings (SSSR count). The van der Waals surface area contributed by atoms with Crippen LogP contribution < -0.4 is 4.18 Å². The van der Waals surface area contributed by atoms with Crippen molar-refractivity contribution in [2.45, 2.75) is 32.9 Å². The Morgan fingerprint density at radius 2 is 1.91 bits per heavy atom. The van der Waals surface area contributed by atoms with Gasteiger partial charge in [0.25, 0.3) is 5.91 Å². The van der Waals surface area contributed by atoms with Gasteiger partial charge in [-0.05, 0) is 38.8 Å². The van der Waals surface area contributed by atoms with Crippen molar-refractivity contribution < 1.29 is 26.9 Å². The van der Waals surface area contributed by atoms with Crippen LogP contribution in [0.4, 0.5) is 0 Å². The Labute approximate surface area is 135 Å². The Kier molecular flexibility index (Phi) is 4.76. The molecule has 0 unspecified atom stereocenters. The van der Waals surface area contributed by atoms with E-state index in [1.165, 1.54) is 26.2 Å². The Bertz CT molecular complexity index is 699. The number of benzene rings is 1. The maximum atomic E-state index is 12.5. The minimum Gasteiger partial charge on any atom is -0.367 e. The summed E-state index contributed by atoms with van der Waals surface area (Å²) >= 11 is 0. The largest absolute Gasteiger partial charge is 0.414 e. The summed E-state index contributed by atoms with van der Waals surface area (Å²) in [5.74, 6) is -0.769. The Morgan fingerprint density at radius 1 is 1.30 bits per heavy atom. The summed E-state index contributed by atoms with van der Waals surface area (Å²) in [6, 6.07) is 6.35. The predicted octanol–water partition coefficient (Wildman–Crippen LogP) is 1.42. The number of nitrogens with zero attached hydrogens (tertiary/aromatic N) is 1. The normalized spacial score (nSPS) is 25.3. The molecule has 0 N–H and O–H groups in total. The van der Waals surface area contributed by atoms with Crippen LogP contribution in [0.15, 0.2) is 24.3 Å². The van der Waals surface area contributed by atoms with Gasteiger partial charge in [0.1, 0.15) is 23.7 Å². The third-order valence-electron chi connectivity index (χ3n) is 3.86. The van der Waals surface area contributed by atoms with Gasteiger partial charge in [0.05, 0.1) is 0 Å². The van der Waals surface area contributed by atoms with Crippen molar-refractivity contribution in [3.63, 3.8) is 0 Å². The number of aldehydes is 1. The highest BCUT2D eigenvalue weighted by Crippen LogP contribution is 2.34. The molecule has 8 heteroatoms. The van der Waals surface area contributed by atoms with Crippen LogP contribution in [0.5, 0.6) is 5.75 Å². The van der Waals surface area contributed by atoms with Crippen LogP contribution in [-0.2, 0) is 24.6 Å². The summed E-state index contributed by atoms with van der Waals surface area (Å²) < 4.78 is 35.6. The van der Waals surface area contributed by atoms with Crippen molar-refractivity contribution in [3.8, 4) is 5.75 Å². The highest BCUT2D eigenvalue weighted by atomic mass is 32.2. The molecule has 1 aliphatic heterocycles. The number of carbonyl (C=O) groups is 2. The van der Waals surface area contributed by atoms with Crippen molar-refractivity contribution >= 4 is 22.5 Å². The molecule has 0 aromatic heterocycles. The number of hydrogen-bond acceptors (Lipinski definition) is 6. The molecule has 0 bridgehead atoms. The smallest absolute Gasteiger partial charge is 0.367 e. The average Bonchev–Trinajstić information content (AvgIpc) is 2.51. The molecule has 7 nitrogen and oxygen atoms in total. The molecule has 2 atom stereocenters. The molecule has 1 saturated heterocycles. The van der Waals surface area contributed by atoms with Gasteiger partial charge in [-0.25, -0.2) is 0 Å². The van der Waals surface area contributed by atoms with Gasteiger partial charge in [0.2, 0.25) is 0 Å². The van der Waals surface area contributed by atoms with Crippen molar-refractivity contribution in [1.29, 1.82) is 0 Å². The van der Waals surface area contributed by atoms with Crippen LogP contribution in [0, 0.1) is 12.3 Å². The van der Waals surface area contributed by atoms with Gasteiger partial charge in [-0.2, -0.15) is 12.7 Å². The summed E-state index contributed by atoms with van der Waals surface area (Å²) in [5.41, 5.74) is -0.467. The second-order valence-corrected chi connectivity index (χ2v) is 7.13. The van der Waals surface area contributed by atoms with E-state index < -0.39 is 27.9 Å². The lowest BCUT2D eigenvalue weighted by Crippen LogP contribution is -2.57. The van der Waals surface area contributed by atoms with Gasteiger partial charge in [0.15, 0.2) is 0 Å². The van der Waals surface area contributed by atoms with Gasteiger partial charge in [0, 0.05) is 7.11 Å². The highest BCUT2D eigenvalue weighted by molar-refractivity contribution is 7.85. The number of ether oxygens (including phenoxy) is 1. The van der Waals surface area contributed by atoms with Gasteiger partial charge in [-0.1, -0.05) is 17.7 Å². The Balaban J connectivity index is 2.35. The lowest BCUT2D eigenvalue weighted by molar-refractivity contribution is -0.155. The Morgan fingerprint density at radius 3 is 2.43 bits per heavy atom. The number of rotatable bonds is 5. The Hall–Kier alpha value is -1.93. The van der Waals surface area contributed by atoms with E-state index >= 15 is 0 Å². The molecular weight excluding hydrogens is 322 g/mol. The van der Waals surface area contributed by atoms with Gasteiger partial charge < -0.3 is 13.7 Å². The molecule has 23 heavy (non-hydrogen) atoms. The van der Waals surface area contributed by atoms with Crippen molar-refractivity contribution in [3.05, 3.63) is 29.8 Å². The third kappa shape index (κ3) is 3.37. The van der Waals surface area contributed by atoms with Crippen LogP contribution in [0.25, 0.3) is 0 Å². The SMILES string of the molecule is CO[C@@H]1CC[C@](C)(C=O)C(=O)N1S(=O)(=O)Oc1ccc(C)cc1. The summed E-state index contributed by atoms with van der Waals surface area (Å²) in [6.45, 7) is 3.26. The van der Waals surface area contributed by atoms with Gasteiger partial charge in [-0.15, -0.1) is 0 Å². The molecular formula is C15H19NO6S. The van der Waals surface area contributed by atoms with Crippen LogP contribution >= 0.6 is 0 Å². The van der Waals surface area contributed by atoms with E-state index in [1.807, 2.05) is 6.92 Å². The minimum atomic E-state index is -4.44. The lowest BCUT2D eigenvalue weighted by atomic mass is 9.83. The second kappa shape index (κ2) is 6.29. The molecule has 0 saturated carbocycles. The maximum Gasteiger partial charge on any atom is 0.414 e. The fourth-order valence-electron chi connectivity index (χ4n) is 2.35. The molecule has 1 amide bonds. The number of aryl methyl sites for hydroxylation is 1. The summed E-state index contributed by atoms with van der Waals surface area (Å²) in [6.07, 6.45) is -0.0977. The molecule has 0 aliphatic carbocycles.